The van der Waals surface area contributed by atoms with Crippen LogP contribution in [0.25, 0.3) is 11.3 Å². The fourth-order valence-corrected chi connectivity index (χ4v) is 3.94. The third kappa shape index (κ3) is 4.36. The Balaban J connectivity index is 1.43. The Kier molecular flexibility index (Phi) is 5.28. The molecule has 1 heterocycles. The highest BCUT2D eigenvalue weighted by Gasteiger charge is 2.29. The Labute approximate surface area is 176 Å². The molecule has 30 heavy (non-hydrogen) atoms. The molecule has 4 rings (SSSR count). The zero-order chi connectivity index (χ0) is 21.1. The van der Waals surface area contributed by atoms with E-state index in [0.29, 0.717) is 23.2 Å². The Morgan fingerprint density at radius 1 is 1.23 bits per heavy atom. The van der Waals surface area contributed by atoms with Gasteiger partial charge in [0.1, 0.15) is 0 Å². The van der Waals surface area contributed by atoms with E-state index in [1.807, 2.05) is 36.4 Å². The normalized spacial score (nSPS) is 14.4. The highest BCUT2D eigenvalue weighted by molar-refractivity contribution is 5.90. The molecule has 0 radical (unpaired) electrons. The summed E-state index contributed by atoms with van der Waals surface area (Å²) in [6, 6.07) is 16.8. The Bertz CT molecular complexity index is 1120. The summed E-state index contributed by atoms with van der Waals surface area (Å²) in [5.74, 6) is 0. The molecule has 3 aromatic rings. The number of aromatic amines is 1. The van der Waals surface area contributed by atoms with Crippen molar-refractivity contribution in [2.45, 2.75) is 39.7 Å². The average molecular weight is 399 g/mol. The van der Waals surface area contributed by atoms with Crippen LogP contribution in [0.5, 0.6) is 0 Å². The van der Waals surface area contributed by atoms with E-state index in [1.165, 1.54) is 11.3 Å². The monoisotopic (exact) mass is 399 g/mol. The summed E-state index contributed by atoms with van der Waals surface area (Å²) < 4.78 is 0. The minimum atomic E-state index is -0.291. The first-order valence-electron chi connectivity index (χ1n) is 10.1. The second kappa shape index (κ2) is 8.03. The molecule has 0 saturated carbocycles. The molecule has 0 fully saturated rings. The number of nitrogens with zero attached hydrogens (tertiary/aromatic N) is 2. The van der Waals surface area contributed by atoms with Crippen molar-refractivity contribution < 1.29 is 4.79 Å². The van der Waals surface area contributed by atoms with Crippen molar-refractivity contribution in [3.8, 4) is 17.3 Å². The smallest absolute Gasteiger partial charge is 0.319 e. The maximum Gasteiger partial charge on any atom is 0.319 e. The molecule has 152 valence electrons. The summed E-state index contributed by atoms with van der Waals surface area (Å²) in [7, 11) is 0. The van der Waals surface area contributed by atoms with Crippen LogP contribution in [-0.2, 0) is 19.4 Å². The van der Waals surface area contributed by atoms with E-state index < -0.39 is 0 Å². The summed E-state index contributed by atoms with van der Waals surface area (Å²) in [5, 5.41) is 22.5. The van der Waals surface area contributed by atoms with E-state index in [9.17, 15) is 4.79 Å². The van der Waals surface area contributed by atoms with Crippen LogP contribution in [-0.4, -0.2) is 16.2 Å². The van der Waals surface area contributed by atoms with Crippen LogP contribution < -0.4 is 10.6 Å². The molecule has 1 aliphatic rings. The number of fused-ring (bicyclic) bond motifs is 1. The van der Waals surface area contributed by atoms with Crippen LogP contribution in [0.2, 0.25) is 0 Å². The highest BCUT2D eigenvalue weighted by Crippen LogP contribution is 2.38. The second-order valence-corrected chi connectivity index (χ2v) is 8.57. The Morgan fingerprint density at radius 2 is 2.07 bits per heavy atom. The molecule has 2 amide bonds. The number of nitriles is 1. The van der Waals surface area contributed by atoms with Gasteiger partial charge in [-0.3, -0.25) is 5.10 Å². The molecule has 6 nitrogen and oxygen atoms in total. The minimum absolute atomic E-state index is 0.291. The lowest BCUT2D eigenvalue weighted by atomic mass is 9.76. The highest BCUT2D eigenvalue weighted by atomic mass is 16.2. The maximum absolute atomic E-state index is 12.3. The third-order valence-electron chi connectivity index (χ3n) is 5.56. The molecular formula is C24H25N5O. The first-order valence-corrected chi connectivity index (χ1v) is 10.1. The fraction of sp³-hybridized carbons (Fsp3) is 0.292. The van der Waals surface area contributed by atoms with E-state index in [1.54, 1.807) is 12.1 Å². The van der Waals surface area contributed by atoms with Gasteiger partial charge in [-0.05, 0) is 54.5 Å². The van der Waals surface area contributed by atoms with Gasteiger partial charge in [-0.15, -0.1) is 0 Å². The van der Waals surface area contributed by atoms with Crippen molar-refractivity contribution in [1.29, 1.82) is 5.26 Å². The lowest BCUT2D eigenvalue weighted by Gasteiger charge is -2.29. The summed E-state index contributed by atoms with van der Waals surface area (Å²) in [4.78, 5) is 12.3. The van der Waals surface area contributed by atoms with Crippen LogP contribution in [0.1, 0.15) is 42.7 Å². The number of hydrogen-bond donors (Lipinski definition) is 3. The number of carbonyl (C=O) groups is 1. The second-order valence-electron chi connectivity index (χ2n) is 8.57. The molecule has 0 aliphatic heterocycles. The quantitative estimate of drug-likeness (QED) is 0.589. The Hall–Kier alpha value is -3.59. The number of urea groups is 1. The van der Waals surface area contributed by atoms with Crippen molar-refractivity contribution in [3.05, 3.63) is 70.9 Å². The van der Waals surface area contributed by atoms with E-state index in [2.05, 4.69) is 40.7 Å². The van der Waals surface area contributed by atoms with Crippen LogP contribution in [0.3, 0.4) is 0 Å². The number of hydrogen-bond acceptors (Lipinski definition) is 3. The van der Waals surface area contributed by atoms with Crippen molar-refractivity contribution in [2.24, 2.45) is 5.41 Å². The molecule has 1 aliphatic carbocycles. The zero-order valence-corrected chi connectivity index (χ0v) is 17.2. The number of aromatic nitrogens is 2. The molecule has 0 saturated heterocycles. The third-order valence-corrected chi connectivity index (χ3v) is 5.56. The van der Waals surface area contributed by atoms with Crippen LogP contribution >= 0.6 is 0 Å². The number of rotatable bonds is 4. The Morgan fingerprint density at radius 3 is 2.90 bits per heavy atom. The summed E-state index contributed by atoms with van der Waals surface area (Å²) in [5.41, 5.74) is 6.93. The molecule has 0 atom stereocenters. The lowest BCUT2D eigenvalue weighted by molar-refractivity contribution is 0.251. The van der Waals surface area contributed by atoms with E-state index >= 15 is 0 Å². The van der Waals surface area contributed by atoms with Gasteiger partial charge >= 0.3 is 6.03 Å². The minimum Gasteiger partial charge on any atom is -0.334 e. The molecule has 6 heteroatoms. The summed E-state index contributed by atoms with van der Waals surface area (Å²) >= 11 is 0. The van der Waals surface area contributed by atoms with Crippen molar-refractivity contribution >= 4 is 11.7 Å². The largest absolute Gasteiger partial charge is 0.334 e. The van der Waals surface area contributed by atoms with E-state index in [-0.39, 0.29) is 6.03 Å². The molecule has 0 bridgehead atoms. The standard InChI is InChI=1S/C24H25N5O/c1-24(2)10-9-20-21(13-24)28-29-22(20)18-7-4-8-19(12-18)27-23(30)26-15-17-6-3-5-16(11-17)14-25/h3-8,11-12H,9-10,13,15H2,1-2H3,(H,28,29)(H2,26,27,30). The predicted molar refractivity (Wildman–Crippen MR) is 117 cm³/mol. The molecule has 0 spiro atoms. The zero-order valence-electron chi connectivity index (χ0n) is 17.2. The van der Waals surface area contributed by atoms with Gasteiger partial charge in [0, 0.05) is 29.1 Å². The van der Waals surface area contributed by atoms with E-state index in [0.717, 1.165) is 36.1 Å². The number of amides is 2. The van der Waals surface area contributed by atoms with Crippen molar-refractivity contribution in [3.63, 3.8) is 0 Å². The number of H-pyrrole nitrogens is 1. The molecule has 2 aromatic carbocycles. The average Bonchev–Trinajstić information content (AvgIpc) is 3.14. The van der Waals surface area contributed by atoms with Crippen molar-refractivity contribution in [1.82, 2.24) is 15.5 Å². The van der Waals surface area contributed by atoms with Crippen LogP contribution in [0.15, 0.2) is 48.5 Å². The van der Waals surface area contributed by atoms with Gasteiger partial charge in [-0.2, -0.15) is 10.4 Å². The van der Waals surface area contributed by atoms with Crippen LogP contribution in [0.4, 0.5) is 10.5 Å². The van der Waals surface area contributed by atoms with Gasteiger partial charge in [0.05, 0.1) is 17.3 Å². The van der Waals surface area contributed by atoms with Crippen LogP contribution in [0, 0.1) is 16.7 Å². The summed E-state index contributed by atoms with van der Waals surface area (Å²) in [6.07, 6.45) is 3.15. The van der Waals surface area contributed by atoms with Gasteiger partial charge in [0.25, 0.3) is 0 Å². The lowest BCUT2D eigenvalue weighted by Crippen LogP contribution is -2.28. The van der Waals surface area contributed by atoms with Crippen molar-refractivity contribution in [2.75, 3.05) is 5.32 Å². The van der Waals surface area contributed by atoms with Gasteiger partial charge < -0.3 is 10.6 Å². The molecule has 1 aromatic heterocycles. The molecular weight excluding hydrogens is 374 g/mol. The molecule has 3 N–H and O–H groups in total. The van der Waals surface area contributed by atoms with Gasteiger partial charge in [-0.1, -0.05) is 38.1 Å². The number of anilines is 1. The van der Waals surface area contributed by atoms with E-state index in [4.69, 9.17) is 5.26 Å². The van der Waals surface area contributed by atoms with Gasteiger partial charge in [-0.25, -0.2) is 4.79 Å². The topological polar surface area (TPSA) is 93.6 Å². The number of carbonyl (C=O) groups excluding carboxylic acids is 1. The predicted octanol–water partition coefficient (Wildman–Crippen LogP) is 4.78. The number of benzene rings is 2. The van der Waals surface area contributed by atoms with Gasteiger partial charge in [0.2, 0.25) is 0 Å². The SMILES string of the molecule is CC1(C)CCc2c(-c3cccc(NC(=O)NCc4cccc(C#N)c4)c3)n[nH]c2C1. The molecule has 0 unspecified atom stereocenters. The first kappa shape index (κ1) is 19.7. The maximum atomic E-state index is 12.3. The first-order chi connectivity index (χ1) is 14.4. The summed E-state index contributed by atoms with van der Waals surface area (Å²) in [6.45, 7) is 4.93. The fourth-order valence-electron chi connectivity index (χ4n) is 3.94. The van der Waals surface area contributed by atoms with Gasteiger partial charge in [0.15, 0.2) is 0 Å². The number of nitrogens with one attached hydrogen (secondary N) is 3.